The number of rotatable bonds is 49. The Balaban J connectivity index is 1.67. The van der Waals surface area contributed by atoms with E-state index in [0.29, 0.717) is 13.0 Å². The summed E-state index contributed by atoms with van der Waals surface area (Å²) in [7, 11) is 0. The van der Waals surface area contributed by atoms with Gasteiger partial charge in [-0.3, -0.25) is 4.79 Å². The fraction of sp³-hybridized carbons (Fsp3) is 0.852. The van der Waals surface area contributed by atoms with Gasteiger partial charge in [-0.05, 0) is 51.4 Å². The summed E-state index contributed by atoms with van der Waals surface area (Å²) in [5.41, 5.74) is 0. The Kier molecular flexibility index (Phi) is 44.1. The minimum atomic E-state index is -1.71. The SMILES string of the molecule is CC/C=C\C/C=C\C/C=C\C/C=C\CCCCC(=O)OC(COCCCCCCCCCCCCCCCCCCCCCCCCCCCC)COC1OC(COC2OC(CO)C(O)C(O)C2O)C(O)C(O)C1O. The summed E-state index contributed by atoms with van der Waals surface area (Å²) >= 11 is 0. The van der Waals surface area contributed by atoms with Crippen LogP contribution in [0, 0.1) is 0 Å². The molecule has 2 aliphatic rings. The quantitative estimate of drug-likeness (QED) is 0.0172. The van der Waals surface area contributed by atoms with E-state index in [-0.39, 0.29) is 19.6 Å². The van der Waals surface area contributed by atoms with Gasteiger partial charge in [-0.2, -0.15) is 0 Å². The van der Waals surface area contributed by atoms with Gasteiger partial charge >= 0.3 is 5.97 Å². The molecule has 2 saturated heterocycles. The summed E-state index contributed by atoms with van der Waals surface area (Å²) in [4.78, 5) is 13.0. The molecule has 14 heteroatoms. The molecule has 14 nitrogen and oxygen atoms in total. The molecule has 0 bridgehead atoms. The molecule has 7 N–H and O–H groups in total. The lowest BCUT2D eigenvalue weighted by Crippen LogP contribution is -2.61. The number of allylic oxidation sites excluding steroid dienone is 8. The molecule has 75 heavy (non-hydrogen) atoms. The van der Waals surface area contributed by atoms with Crippen LogP contribution in [-0.4, -0.2) is 142 Å². The highest BCUT2D eigenvalue weighted by Gasteiger charge is 2.47. The minimum absolute atomic E-state index is 0.0464. The third kappa shape index (κ3) is 34.5. The van der Waals surface area contributed by atoms with E-state index in [1.54, 1.807) is 0 Å². The first-order valence-electron chi connectivity index (χ1n) is 30.2. The van der Waals surface area contributed by atoms with E-state index in [2.05, 4.69) is 62.5 Å². The van der Waals surface area contributed by atoms with E-state index in [1.807, 2.05) is 0 Å². The second kappa shape index (κ2) is 47.9. The first kappa shape index (κ1) is 69.1. The minimum Gasteiger partial charge on any atom is -0.457 e. The van der Waals surface area contributed by atoms with Crippen molar-refractivity contribution < 1.29 is 69.0 Å². The van der Waals surface area contributed by atoms with Gasteiger partial charge in [-0.15, -0.1) is 0 Å². The van der Waals surface area contributed by atoms with Crippen LogP contribution in [-0.2, 0) is 33.2 Å². The summed E-state index contributed by atoms with van der Waals surface area (Å²) in [5, 5.41) is 72.3. The van der Waals surface area contributed by atoms with E-state index in [4.69, 9.17) is 28.4 Å². The molecule has 0 amide bonds. The number of hydrogen-bond donors (Lipinski definition) is 7. The molecular weight excluding hydrogens is 957 g/mol. The maximum atomic E-state index is 13.0. The third-order valence-electron chi connectivity index (χ3n) is 14.4. The maximum Gasteiger partial charge on any atom is 0.306 e. The monoisotopic (exact) mass is 1070 g/mol. The molecule has 0 spiro atoms. The largest absolute Gasteiger partial charge is 0.457 e. The van der Waals surface area contributed by atoms with Crippen molar-refractivity contribution in [1.82, 2.24) is 0 Å². The van der Waals surface area contributed by atoms with Gasteiger partial charge in [0.2, 0.25) is 0 Å². The molecule has 2 rings (SSSR count). The Bertz CT molecular complexity index is 1420. The van der Waals surface area contributed by atoms with Crippen LogP contribution in [0.25, 0.3) is 0 Å². The summed E-state index contributed by atoms with van der Waals surface area (Å²) in [6.07, 6.45) is 42.0. The number of esters is 1. The molecule has 11 atom stereocenters. The van der Waals surface area contributed by atoms with Gasteiger partial charge in [0.05, 0.1) is 26.4 Å². The Morgan fingerprint density at radius 3 is 1.33 bits per heavy atom. The number of aliphatic hydroxyl groups is 7. The molecule has 2 heterocycles. The first-order chi connectivity index (χ1) is 36.6. The van der Waals surface area contributed by atoms with E-state index >= 15 is 0 Å². The predicted molar refractivity (Wildman–Crippen MR) is 298 cm³/mol. The van der Waals surface area contributed by atoms with E-state index < -0.39 is 86.7 Å². The highest BCUT2D eigenvalue weighted by molar-refractivity contribution is 5.69. The zero-order chi connectivity index (χ0) is 54.4. The number of ether oxygens (including phenoxy) is 6. The highest BCUT2D eigenvalue weighted by atomic mass is 16.7. The van der Waals surface area contributed by atoms with Crippen molar-refractivity contribution in [2.24, 2.45) is 0 Å². The molecule has 0 aromatic rings. The Hall–Kier alpha value is -2.05. The fourth-order valence-corrected chi connectivity index (χ4v) is 9.51. The van der Waals surface area contributed by atoms with Crippen molar-refractivity contribution in [3.8, 4) is 0 Å². The molecule has 0 aliphatic carbocycles. The van der Waals surface area contributed by atoms with Gasteiger partial charge in [0, 0.05) is 13.0 Å². The molecular formula is C61H110O14. The number of hydrogen-bond acceptors (Lipinski definition) is 14. The Morgan fingerprint density at radius 2 is 0.867 bits per heavy atom. The molecule has 11 unspecified atom stereocenters. The van der Waals surface area contributed by atoms with E-state index in [0.717, 1.165) is 57.8 Å². The lowest BCUT2D eigenvalue weighted by molar-refractivity contribution is -0.332. The Labute approximate surface area is 454 Å². The van der Waals surface area contributed by atoms with Crippen molar-refractivity contribution in [1.29, 1.82) is 0 Å². The Morgan fingerprint density at radius 1 is 0.453 bits per heavy atom. The molecule has 0 saturated carbocycles. The topological polar surface area (TPSA) is 214 Å². The number of aliphatic hydroxyl groups excluding tert-OH is 7. The second-order valence-corrected chi connectivity index (χ2v) is 21.2. The smallest absolute Gasteiger partial charge is 0.306 e. The lowest BCUT2D eigenvalue weighted by atomic mass is 9.98. The maximum absolute atomic E-state index is 13.0. The second-order valence-electron chi connectivity index (χ2n) is 21.2. The molecule has 2 aliphatic heterocycles. The van der Waals surface area contributed by atoms with Crippen molar-refractivity contribution in [2.45, 2.75) is 300 Å². The van der Waals surface area contributed by atoms with Crippen LogP contribution in [0.3, 0.4) is 0 Å². The standard InChI is InChI=1S/C61H110O14/c1-3-5-7-9-11-13-15-17-19-20-21-22-23-24-25-26-27-28-29-31-33-35-37-39-41-43-45-70-47-50(73-53(63)44-42-40-38-36-34-32-30-18-16-14-12-10-8-6-4-2)48-71-60-59(69)57(67)55(65)52(75-60)49-72-61-58(68)56(66)54(64)51(46-62)74-61/h6,8,12,14,18,30,34,36,50-52,54-62,64-69H,3-5,7,9-11,13,15-17,19-29,31-33,35,37-49H2,1-2H3/b8-6-,14-12-,30-18-,36-34-. The normalized spacial score (nSPS) is 24.9. The van der Waals surface area contributed by atoms with Gasteiger partial charge in [-0.25, -0.2) is 0 Å². The van der Waals surface area contributed by atoms with Crippen LogP contribution in [0.1, 0.15) is 232 Å². The van der Waals surface area contributed by atoms with Crippen molar-refractivity contribution in [3.63, 3.8) is 0 Å². The summed E-state index contributed by atoms with van der Waals surface area (Å²) in [6.45, 7) is 3.55. The van der Waals surface area contributed by atoms with Crippen molar-refractivity contribution in [3.05, 3.63) is 48.6 Å². The fourth-order valence-electron chi connectivity index (χ4n) is 9.51. The zero-order valence-electron chi connectivity index (χ0n) is 47.0. The average molecular weight is 1070 g/mol. The molecule has 0 aromatic heterocycles. The number of carbonyl (C=O) groups excluding carboxylic acids is 1. The van der Waals surface area contributed by atoms with Crippen molar-refractivity contribution in [2.75, 3.05) is 33.0 Å². The summed E-state index contributed by atoms with van der Waals surface area (Å²) < 4.78 is 34.3. The highest BCUT2D eigenvalue weighted by Crippen LogP contribution is 2.27. The van der Waals surface area contributed by atoms with Crippen LogP contribution >= 0.6 is 0 Å². The van der Waals surface area contributed by atoms with E-state index in [9.17, 15) is 40.5 Å². The summed E-state index contributed by atoms with van der Waals surface area (Å²) in [5.74, 6) is -0.413. The van der Waals surface area contributed by atoms with Gasteiger partial charge in [-0.1, -0.05) is 223 Å². The molecule has 0 aromatic carbocycles. The van der Waals surface area contributed by atoms with Crippen molar-refractivity contribution >= 4 is 5.97 Å². The van der Waals surface area contributed by atoms with Gasteiger partial charge < -0.3 is 64.2 Å². The zero-order valence-corrected chi connectivity index (χ0v) is 47.0. The molecule has 438 valence electrons. The predicted octanol–water partition coefficient (Wildman–Crippen LogP) is 11.1. The number of unbranched alkanes of at least 4 members (excludes halogenated alkanes) is 27. The summed E-state index contributed by atoms with van der Waals surface area (Å²) in [6, 6.07) is 0. The van der Waals surface area contributed by atoms with Gasteiger partial charge in [0.25, 0.3) is 0 Å². The molecule has 2 fully saturated rings. The number of carbonyl (C=O) groups is 1. The lowest BCUT2D eigenvalue weighted by Gasteiger charge is -2.42. The van der Waals surface area contributed by atoms with Crippen LogP contribution in [0.2, 0.25) is 0 Å². The molecule has 0 radical (unpaired) electrons. The van der Waals surface area contributed by atoms with Crippen LogP contribution < -0.4 is 0 Å². The van der Waals surface area contributed by atoms with Gasteiger partial charge in [0.1, 0.15) is 54.9 Å². The van der Waals surface area contributed by atoms with Crippen LogP contribution in [0.4, 0.5) is 0 Å². The van der Waals surface area contributed by atoms with Crippen LogP contribution in [0.5, 0.6) is 0 Å². The third-order valence-corrected chi connectivity index (χ3v) is 14.4. The average Bonchev–Trinajstić information content (AvgIpc) is 3.41. The first-order valence-corrected chi connectivity index (χ1v) is 30.2. The van der Waals surface area contributed by atoms with E-state index in [1.165, 1.54) is 148 Å². The van der Waals surface area contributed by atoms with Gasteiger partial charge in [0.15, 0.2) is 12.6 Å². The van der Waals surface area contributed by atoms with Crippen LogP contribution in [0.15, 0.2) is 48.6 Å².